The highest BCUT2D eigenvalue weighted by Crippen LogP contribution is 2.07. The van der Waals surface area contributed by atoms with E-state index in [4.69, 9.17) is 5.11 Å². The van der Waals surface area contributed by atoms with E-state index in [1.165, 1.54) is 5.56 Å². The van der Waals surface area contributed by atoms with E-state index in [0.717, 1.165) is 0 Å². The monoisotopic (exact) mass is 134 g/mol. The van der Waals surface area contributed by atoms with Gasteiger partial charge in [0.05, 0.1) is 0 Å². The minimum atomic E-state index is 0. The van der Waals surface area contributed by atoms with E-state index < -0.39 is 0 Å². The summed E-state index contributed by atoms with van der Waals surface area (Å²) in [5.41, 5.74) is 1.17. The Morgan fingerprint density at radius 2 is 1.56 bits per heavy atom. The number of benzene rings is 1. The van der Waals surface area contributed by atoms with Crippen LogP contribution in [0.15, 0.2) is 24.3 Å². The molecule has 0 spiro atoms. The molecule has 2 heteroatoms. The van der Waals surface area contributed by atoms with Gasteiger partial charge in [-0.25, -0.2) is 0 Å². The molecule has 0 unspecified atom stereocenters. The van der Waals surface area contributed by atoms with Gasteiger partial charge in [-0.15, -0.1) is 0 Å². The Balaban J connectivity index is 0.000000640. The van der Waals surface area contributed by atoms with Crippen molar-refractivity contribution in [1.29, 1.82) is 0 Å². The van der Waals surface area contributed by atoms with Gasteiger partial charge in [0.25, 0.3) is 0 Å². The Kier molecular flexibility index (Phi) is 3.66. The molecule has 0 aliphatic carbocycles. The summed E-state index contributed by atoms with van der Waals surface area (Å²) in [5, 5.41) is 8.76. The lowest BCUT2D eigenvalue weighted by Crippen LogP contribution is -1.66. The highest BCUT2D eigenvalue weighted by molar-refractivity contribution is 5.75. The molecule has 0 aromatic heterocycles. The second-order valence-electron chi connectivity index (χ2n) is 1.84. The zero-order chi connectivity index (χ0) is 5.98. The van der Waals surface area contributed by atoms with Crippen molar-refractivity contribution in [3.8, 4) is 5.75 Å². The van der Waals surface area contributed by atoms with Gasteiger partial charge in [0.2, 0.25) is 0 Å². The molecule has 0 aliphatic rings. The molecule has 1 N–H and O–H groups in total. The van der Waals surface area contributed by atoms with Gasteiger partial charge >= 0.3 is 23.1 Å². The Morgan fingerprint density at radius 3 is 1.89 bits per heavy atom. The molecule has 9 heavy (non-hydrogen) atoms. The van der Waals surface area contributed by atoms with Crippen molar-refractivity contribution in [2.24, 2.45) is 0 Å². The average molecular weight is 134 g/mol. The summed E-state index contributed by atoms with van der Waals surface area (Å²) in [6.45, 7) is 1.99. The van der Waals surface area contributed by atoms with E-state index >= 15 is 0 Å². The smallest absolute Gasteiger partial charge is 0.316 e. The Morgan fingerprint density at radius 1 is 1.11 bits per heavy atom. The fraction of sp³-hybridized carbons (Fsp3) is 0.143. The first-order valence-electron chi connectivity index (χ1n) is 2.54. The normalized spacial score (nSPS) is 8.11. The summed E-state index contributed by atoms with van der Waals surface area (Å²) in [7, 11) is 0. The van der Waals surface area contributed by atoms with Crippen LogP contribution >= 0.6 is 0 Å². The summed E-state index contributed by atoms with van der Waals surface area (Å²) in [6, 6.07) is 7.09. The third-order valence-electron chi connectivity index (χ3n) is 1.03. The van der Waals surface area contributed by atoms with Crippen molar-refractivity contribution in [2.75, 3.05) is 0 Å². The van der Waals surface area contributed by atoms with Crippen molar-refractivity contribution < 1.29 is 5.11 Å². The van der Waals surface area contributed by atoms with Crippen molar-refractivity contribution in [3.63, 3.8) is 0 Å². The Labute approximate surface area is 70.9 Å². The van der Waals surface area contributed by atoms with E-state index in [2.05, 4.69) is 0 Å². The summed E-state index contributed by atoms with van der Waals surface area (Å²) in [4.78, 5) is 0. The fourth-order valence-electron chi connectivity index (χ4n) is 0.545. The van der Waals surface area contributed by atoms with E-state index in [1.807, 2.05) is 19.1 Å². The summed E-state index contributed by atoms with van der Waals surface area (Å²) in [5.74, 6) is 0.329. The van der Waals surface area contributed by atoms with Gasteiger partial charge in [-0.3, -0.25) is 0 Å². The molecule has 0 bridgehead atoms. The summed E-state index contributed by atoms with van der Waals surface area (Å²) < 4.78 is 0. The first-order valence-corrected chi connectivity index (χ1v) is 2.54. The van der Waals surface area contributed by atoms with Gasteiger partial charge in [0.1, 0.15) is 5.75 Å². The van der Waals surface area contributed by atoms with Crippen LogP contribution in [0.3, 0.4) is 0 Å². The molecule has 0 fully saturated rings. The average Bonchev–Trinajstić information content (AvgIpc) is 1.77. The van der Waals surface area contributed by atoms with Crippen LogP contribution in [0.25, 0.3) is 0 Å². The molecule has 0 atom stereocenters. The van der Waals surface area contributed by atoms with E-state index in [9.17, 15) is 0 Å². The molecule has 46 valence electrons. The van der Waals surface area contributed by atoms with Crippen molar-refractivity contribution in [3.05, 3.63) is 29.8 Å². The fourth-order valence-corrected chi connectivity index (χ4v) is 0.545. The molecule has 0 aliphatic heterocycles. The molecular weight excluding hydrogens is 124 g/mol. The molecule has 0 amide bonds. The molecule has 0 radical (unpaired) electrons. The third-order valence-corrected chi connectivity index (χ3v) is 1.03. The molecule has 0 saturated heterocycles. The van der Waals surface area contributed by atoms with E-state index in [0.29, 0.717) is 5.75 Å². The second-order valence-corrected chi connectivity index (χ2v) is 1.84. The minimum Gasteiger partial charge on any atom is -0.508 e. The minimum absolute atomic E-state index is 0. The van der Waals surface area contributed by atoms with Crippen LogP contribution in [0, 0.1) is 6.92 Å². The molecule has 1 aromatic carbocycles. The quantitative estimate of drug-likeness (QED) is 0.520. The zero-order valence-corrected chi connectivity index (χ0v) is 4.76. The summed E-state index contributed by atoms with van der Waals surface area (Å²) >= 11 is 0. The van der Waals surface area contributed by atoms with Gasteiger partial charge < -0.3 is 5.11 Å². The number of phenolic OH excluding ortho intramolecular Hbond substituents is 1. The van der Waals surface area contributed by atoms with Gasteiger partial charge in [0, 0.05) is 0 Å². The first-order chi connectivity index (χ1) is 3.79. The zero-order valence-electron chi connectivity index (χ0n) is 4.76. The van der Waals surface area contributed by atoms with Crippen molar-refractivity contribution >= 4 is 23.1 Å². The topological polar surface area (TPSA) is 20.2 Å². The lowest BCUT2D eigenvalue weighted by Gasteiger charge is -1.89. The van der Waals surface area contributed by atoms with Crippen LogP contribution in [0.4, 0.5) is 0 Å². The lowest BCUT2D eigenvalue weighted by atomic mass is 10.2. The second kappa shape index (κ2) is 3.74. The van der Waals surface area contributed by atoms with Crippen LogP contribution in [0.1, 0.15) is 5.56 Å². The molecule has 1 rings (SSSR count). The van der Waals surface area contributed by atoms with E-state index in [-0.39, 0.29) is 23.1 Å². The molecule has 0 saturated carbocycles. The SMILES string of the molecule is Cc1ccc(O)cc1.[MgH2]. The lowest BCUT2D eigenvalue weighted by molar-refractivity contribution is 0.475. The van der Waals surface area contributed by atoms with Crippen molar-refractivity contribution in [1.82, 2.24) is 0 Å². The predicted molar refractivity (Wildman–Crippen MR) is 41.4 cm³/mol. The van der Waals surface area contributed by atoms with Crippen LogP contribution in [0.2, 0.25) is 0 Å². The summed E-state index contributed by atoms with van der Waals surface area (Å²) in [6.07, 6.45) is 0. The number of rotatable bonds is 0. The van der Waals surface area contributed by atoms with Crippen LogP contribution in [-0.4, -0.2) is 28.2 Å². The van der Waals surface area contributed by atoms with Crippen LogP contribution in [-0.2, 0) is 0 Å². The highest BCUT2D eigenvalue weighted by Gasteiger charge is 1.82. The van der Waals surface area contributed by atoms with Crippen LogP contribution < -0.4 is 0 Å². The van der Waals surface area contributed by atoms with Crippen molar-refractivity contribution in [2.45, 2.75) is 6.92 Å². The predicted octanol–water partition coefficient (Wildman–Crippen LogP) is 0.784. The van der Waals surface area contributed by atoms with Gasteiger partial charge in [-0.2, -0.15) is 0 Å². The van der Waals surface area contributed by atoms with Crippen LogP contribution in [0.5, 0.6) is 5.75 Å². The maximum atomic E-state index is 8.76. The largest absolute Gasteiger partial charge is 0.508 e. The maximum Gasteiger partial charge on any atom is 0.316 e. The first kappa shape index (κ1) is 8.79. The van der Waals surface area contributed by atoms with Gasteiger partial charge in [0.15, 0.2) is 0 Å². The third kappa shape index (κ3) is 2.72. The molecular formula is C7H10MgO. The molecule has 0 heterocycles. The standard InChI is InChI=1S/C7H8O.Mg.2H/c1-6-2-4-7(8)5-3-6;;;/h2-5,8H,1H3;;;. The number of phenols is 1. The molecule has 1 nitrogen and oxygen atoms in total. The number of aromatic hydroxyl groups is 1. The number of hydrogen-bond donors (Lipinski definition) is 1. The van der Waals surface area contributed by atoms with Gasteiger partial charge in [-0.05, 0) is 19.1 Å². The number of aryl methyl sites for hydroxylation is 1. The molecule has 1 aromatic rings. The highest BCUT2D eigenvalue weighted by atomic mass is 24.3. The Hall–Kier alpha value is -0.214. The maximum absolute atomic E-state index is 8.76. The van der Waals surface area contributed by atoms with E-state index in [1.54, 1.807) is 12.1 Å². The van der Waals surface area contributed by atoms with Gasteiger partial charge in [-0.1, -0.05) is 17.7 Å². The number of hydrogen-bond acceptors (Lipinski definition) is 1. The Bertz CT molecular complexity index is 148.